The summed E-state index contributed by atoms with van der Waals surface area (Å²) >= 11 is 0. The van der Waals surface area contributed by atoms with Crippen LogP contribution in [0.5, 0.6) is 0 Å². The molecule has 3 heteroatoms. The van der Waals surface area contributed by atoms with E-state index in [1.807, 2.05) is 18.7 Å². The Balaban J connectivity index is 2.56. The highest BCUT2D eigenvalue weighted by Crippen LogP contribution is 2.15. The first-order valence-electron chi connectivity index (χ1n) is 6.16. The minimum atomic E-state index is -0.667. The third kappa shape index (κ3) is 3.49. The quantitative estimate of drug-likeness (QED) is 0.760. The van der Waals surface area contributed by atoms with Crippen molar-refractivity contribution in [2.45, 2.75) is 57.9 Å². The van der Waals surface area contributed by atoms with Gasteiger partial charge in [0.1, 0.15) is 0 Å². The third-order valence-corrected chi connectivity index (χ3v) is 3.37. The first kappa shape index (κ1) is 12.5. The Bertz CT molecular complexity index is 206. The van der Waals surface area contributed by atoms with Crippen molar-refractivity contribution in [2.24, 2.45) is 5.73 Å². The van der Waals surface area contributed by atoms with Gasteiger partial charge in [-0.25, -0.2) is 0 Å². The van der Waals surface area contributed by atoms with Crippen LogP contribution in [0.4, 0.5) is 0 Å². The van der Waals surface area contributed by atoms with Gasteiger partial charge in [0.25, 0.3) is 0 Å². The van der Waals surface area contributed by atoms with E-state index in [0.29, 0.717) is 6.42 Å². The van der Waals surface area contributed by atoms with Gasteiger partial charge < -0.3 is 10.6 Å². The predicted molar refractivity (Wildman–Crippen MR) is 62.5 cm³/mol. The van der Waals surface area contributed by atoms with Crippen LogP contribution < -0.4 is 5.73 Å². The molecule has 1 saturated heterocycles. The van der Waals surface area contributed by atoms with Gasteiger partial charge >= 0.3 is 0 Å². The average Bonchev–Trinajstić information content (AvgIpc) is 2.16. The predicted octanol–water partition coefficient (Wildman–Crippen LogP) is 1.91. The second-order valence-corrected chi connectivity index (χ2v) is 4.83. The molecule has 1 aliphatic rings. The number of carbonyl (C=O) groups is 1. The second-order valence-electron chi connectivity index (χ2n) is 4.83. The molecule has 1 fully saturated rings. The SMILES string of the molecule is CCC(C)(N)C(=O)N1CCCCCCC1. The Labute approximate surface area is 93.0 Å². The maximum atomic E-state index is 12.1. The van der Waals surface area contributed by atoms with Gasteiger partial charge in [0.15, 0.2) is 0 Å². The first-order chi connectivity index (χ1) is 7.08. The van der Waals surface area contributed by atoms with Crippen LogP contribution in [-0.2, 0) is 4.79 Å². The van der Waals surface area contributed by atoms with Crippen LogP contribution in [0.25, 0.3) is 0 Å². The molecule has 0 radical (unpaired) electrons. The molecule has 3 nitrogen and oxygen atoms in total. The molecule has 1 amide bonds. The lowest BCUT2D eigenvalue weighted by Crippen LogP contribution is -2.53. The number of nitrogens with two attached hydrogens (primary N) is 1. The van der Waals surface area contributed by atoms with E-state index >= 15 is 0 Å². The number of hydrogen-bond acceptors (Lipinski definition) is 2. The van der Waals surface area contributed by atoms with Crippen LogP contribution >= 0.6 is 0 Å². The van der Waals surface area contributed by atoms with Gasteiger partial charge in [-0.3, -0.25) is 4.79 Å². The molecule has 2 N–H and O–H groups in total. The van der Waals surface area contributed by atoms with Crippen molar-refractivity contribution in [3.63, 3.8) is 0 Å². The second kappa shape index (κ2) is 5.50. The molecule has 88 valence electrons. The number of carbonyl (C=O) groups excluding carboxylic acids is 1. The zero-order valence-corrected chi connectivity index (χ0v) is 10.1. The van der Waals surface area contributed by atoms with Gasteiger partial charge in [-0.1, -0.05) is 26.2 Å². The highest BCUT2D eigenvalue weighted by atomic mass is 16.2. The Morgan fingerprint density at radius 1 is 1.20 bits per heavy atom. The summed E-state index contributed by atoms with van der Waals surface area (Å²) < 4.78 is 0. The zero-order chi connectivity index (χ0) is 11.3. The van der Waals surface area contributed by atoms with E-state index in [2.05, 4.69) is 0 Å². The largest absolute Gasteiger partial charge is 0.341 e. The summed E-state index contributed by atoms with van der Waals surface area (Å²) in [7, 11) is 0. The summed E-state index contributed by atoms with van der Waals surface area (Å²) in [6, 6.07) is 0. The minimum Gasteiger partial charge on any atom is -0.341 e. The minimum absolute atomic E-state index is 0.131. The third-order valence-electron chi connectivity index (χ3n) is 3.37. The number of amides is 1. The summed E-state index contributed by atoms with van der Waals surface area (Å²) in [4.78, 5) is 14.1. The zero-order valence-electron chi connectivity index (χ0n) is 10.1. The normalized spacial score (nSPS) is 22.7. The Kier molecular flexibility index (Phi) is 4.58. The molecule has 1 aliphatic heterocycles. The molecular formula is C12H24N2O. The molecule has 0 bridgehead atoms. The van der Waals surface area contributed by atoms with E-state index < -0.39 is 5.54 Å². The summed E-state index contributed by atoms with van der Waals surface area (Å²) in [5.41, 5.74) is 5.32. The molecule has 0 saturated carbocycles. The molecule has 0 aliphatic carbocycles. The van der Waals surface area contributed by atoms with Gasteiger partial charge in [0.05, 0.1) is 5.54 Å². The molecule has 1 unspecified atom stereocenters. The molecule has 1 heterocycles. The molecule has 1 rings (SSSR count). The van der Waals surface area contributed by atoms with Gasteiger partial charge in [0.2, 0.25) is 5.91 Å². The van der Waals surface area contributed by atoms with E-state index in [4.69, 9.17) is 5.73 Å². The number of nitrogens with zero attached hydrogens (tertiary/aromatic N) is 1. The number of likely N-dealkylation sites (tertiary alicyclic amines) is 1. The van der Waals surface area contributed by atoms with E-state index in [9.17, 15) is 4.79 Å². The van der Waals surface area contributed by atoms with Crippen LogP contribution in [-0.4, -0.2) is 29.4 Å². The van der Waals surface area contributed by atoms with Crippen LogP contribution in [0.1, 0.15) is 52.4 Å². The molecule has 0 spiro atoms. The van der Waals surface area contributed by atoms with Crippen molar-refractivity contribution >= 4 is 5.91 Å². The van der Waals surface area contributed by atoms with Crippen LogP contribution in [0.2, 0.25) is 0 Å². The van der Waals surface area contributed by atoms with Gasteiger partial charge in [-0.2, -0.15) is 0 Å². The molecule has 0 aromatic heterocycles. The van der Waals surface area contributed by atoms with Crippen LogP contribution in [0.3, 0.4) is 0 Å². The Hall–Kier alpha value is -0.570. The van der Waals surface area contributed by atoms with Gasteiger partial charge in [-0.05, 0) is 26.2 Å². The van der Waals surface area contributed by atoms with Crippen molar-refractivity contribution < 1.29 is 4.79 Å². The molecule has 0 aromatic carbocycles. The maximum absolute atomic E-state index is 12.1. The summed E-state index contributed by atoms with van der Waals surface area (Å²) in [6.07, 6.45) is 6.78. The average molecular weight is 212 g/mol. The lowest BCUT2D eigenvalue weighted by molar-refractivity contribution is -0.136. The van der Waals surface area contributed by atoms with Crippen LogP contribution in [0.15, 0.2) is 0 Å². The topological polar surface area (TPSA) is 46.3 Å². The van der Waals surface area contributed by atoms with Gasteiger partial charge in [-0.15, -0.1) is 0 Å². The highest BCUT2D eigenvalue weighted by Gasteiger charge is 2.30. The highest BCUT2D eigenvalue weighted by molar-refractivity contribution is 5.85. The fourth-order valence-electron chi connectivity index (χ4n) is 1.96. The molecule has 1 atom stereocenters. The molecule has 0 aromatic rings. The fourth-order valence-corrected chi connectivity index (χ4v) is 1.96. The maximum Gasteiger partial charge on any atom is 0.242 e. The van der Waals surface area contributed by atoms with Crippen molar-refractivity contribution in [1.82, 2.24) is 4.90 Å². The van der Waals surface area contributed by atoms with Crippen molar-refractivity contribution in [2.75, 3.05) is 13.1 Å². The van der Waals surface area contributed by atoms with E-state index in [-0.39, 0.29) is 5.91 Å². The van der Waals surface area contributed by atoms with E-state index in [1.165, 1.54) is 19.3 Å². The molecular weight excluding hydrogens is 188 g/mol. The van der Waals surface area contributed by atoms with E-state index in [0.717, 1.165) is 25.9 Å². The van der Waals surface area contributed by atoms with Crippen molar-refractivity contribution in [3.8, 4) is 0 Å². The van der Waals surface area contributed by atoms with E-state index in [1.54, 1.807) is 0 Å². The number of rotatable bonds is 2. The Morgan fingerprint density at radius 3 is 2.13 bits per heavy atom. The van der Waals surface area contributed by atoms with Crippen molar-refractivity contribution in [1.29, 1.82) is 0 Å². The summed E-state index contributed by atoms with van der Waals surface area (Å²) in [5, 5.41) is 0. The standard InChI is InChI=1S/C12H24N2O/c1-3-12(2,13)11(15)14-9-7-5-4-6-8-10-14/h3-10,13H2,1-2H3. The molecule has 15 heavy (non-hydrogen) atoms. The Morgan fingerprint density at radius 2 is 1.67 bits per heavy atom. The van der Waals surface area contributed by atoms with Crippen molar-refractivity contribution in [3.05, 3.63) is 0 Å². The summed E-state index contributed by atoms with van der Waals surface area (Å²) in [5.74, 6) is 0.131. The lowest BCUT2D eigenvalue weighted by atomic mass is 9.97. The summed E-state index contributed by atoms with van der Waals surface area (Å²) in [6.45, 7) is 5.60. The van der Waals surface area contributed by atoms with Crippen LogP contribution in [0, 0.1) is 0 Å². The van der Waals surface area contributed by atoms with Gasteiger partial charge in [0, 0.05) is 13.1 Å². The first-order valence-corrected chi connectivity index (χ1v) is 6.16. The fraction of sp³-hybridized carbons (Fsp3) is 0.917. The monoisotopic (exact) mass is 212 g/mol. The smallest absolute Gasteiger partial charge is 0.242 e. The number of hydrogen-bond donors (Lipinski definition) is 1. The lowest BCUT2D eigenvalue weighted by Gasteiger charge is -2.32.